The van der Waals surface area contributed by atoms with E-state index in [4.69, 9.17) is 10.1 Å². The number of pyridine rings is 1. The van der Waals surface area contributed by atoms with Gasteiger partial charge in [0.1, 0.15) is 0 Å². The Hall–Kier alpha value is -3.67. The van der Waals surface area contributed by atoms with Gasteiger partial charge >= 0.3 is 0 Å². The van der Waals surface area contributed by atoms with E-state index in [9.17, 15) is 4.79 Å². The van der Waals surface area contributed by atoms with Crippen molar-refractivity contribution >= 4 is 22.6 Å². The van der Waals surface area contributed by atoms with Gasteiger partial charge in [-0.05, 0) is 49.9 Å². The molecule has 0 spiro atoms. The molecule has 1 fully saturated rings. The number of carbonyl (C=O) groups excluding carboxylic acids is 1. The molecule has 0 saturated carbocycles. The number of nitrogens with zero attached hydrogens (tertiary/aromatic N) is 4. The maximum absolute atomic E-state index is 13.3. The van der Waals surface area contributed by atoms with E-state index in [1.807, 2.05) is 48.9 Å². The predicted octanol–water partition coefficient (Wildman–Crippen LogP) is 4.63. The average molecular weight is 440 g/mol. The fourth-order valence-electron chi connectivity index (χ4n) is 4.72. The number of carbonyl (C=O) groups is 1. The summed E-state index contributed by atoms with van der Waals surface area (Å²) in [7, 11) is 0. The predicted molar refractivity (Wildman–Crippen MR) is 132 cm³/mol. The quantitative estimate of drug-likeness (QED) is 0.476. The van der Waals surface area contributed by atoms with Gasteiger partial charge in [0.2, 0.25) is 0 Å². The van der Waals surface area contributed by atoms with Crippen LogP contribution in [0.25, 0.3) is 11.0 Å². The second kappa shape index (κ2) is 9.06. The molecule has 5 rings (SSSR count). The second-order valence-electron chi connectivity index (χ2n) is 8.74. The zero-order chi connectivity index (χ0) is 22.8. The van der Waals surface area contributed by atoms with Gasteiger partial charge in [-0.1, -0.05) is 48.5 Å². The molecule has 2 aromatic heterocycles. The van der Waals surface area contributed by atoms with Gasteiger partial charge in [-0.25, -0.2) is 9.67 Å². The second-order valence-corrected chi connectivity index (χ2v) is 8.74. The molecule has 0 radical (unpaired) electrons. The number of benzene rings is 2. The first kappa shape index (κ1) is 21.2. The number of aromatic nitrogens is 3. The van der Waals surface area contributed by atoms with Crippen molar-refractivity contribution in [3.8, 4) is 0 Å². The Morgan fingerprint density at radius 2 is 1.73 bits per heavy atom. The average Bonchev–Trinajstić information content (AvgIpc) is 3.47. The summed E-state index contributed by atoms with van der Waals surface area (Å²) >= 11 is 0. The lowest BCUT2D eigenvalue weighted by Crippen LogP contribution is -2.26. The lowest BCUT2D eigenvalue weighted by Gasteiger charge is -2.21. The molecule has 0 unspecified atom stereocenters. The number of aryl methyl sites for hydroxylation is 2. The van der Waals surface area contributed by atoms with E-state index in [0.717, 1.165) is 46.6 Å². The fourth-order valence-corrected chi connectivity index (χ4v) is 4.72. The molecular formula is C27H29N5O. The van der Waals surface area contributed by atoms with Crippen LogP contribution in [-0.4, -0.2) is 33.8 Å². The van der Waals surface area contributed by atoms with Crippen molar-refractivity contribution in [3.63, 3.8) is 0 Å². The summed E-state index contributed by atoms with van der Waals surface area (Å²) in [5.41, 5.74) is 6.52. The van der Waals surface area contributed by atoms with Gasteiger partial charge in [0, 0.05) is 31.0 Å². The number of rotatable bonds is 6. The number of fused-ring (bicyclic) bond motifs is 1. The first-order chi connectivity index (χ1) is 16.1. The third kappa shape index (κ3) is 4.33. The highest BCUT2D eigenvalue weighted by atomic mass is 16.1. The molecule has 3 heterocycles. The van der Waals surface area contributed by atoms with Crippen molar-refractivity contribution in [1.29, 1.82) is 0 Å². The topological polar surface area (TPSA) is 63.1 Å². The molecule has 4 aromatic rings. The van der Waals surface area contributed by atoms with E-state index in [2.05, 4.69) is 40.5 Å². The van der Waals surface area contributed by atoms with E-state index in [0.29, 0.717) is 18.7 Å². The maximum atomic E-state index is 13.3. The molecule has 1 amide bonds. The fraction of sp³-hybridized carbons (Fsp3) is 0.296. The van der Waals surface area contributed by atoms with Crippen molar-refractivity contribution in [2.75, 3.05) is 18.0 Å². The molecule has 6 heteroatoms. The molecule has 1 saturated heterocycles. The van der Waals surface area contributed by atoms with E-state index in [-0.39, 0.29) is 5.91 Å². The highest BCUT2D eigenvalue weighted by Gasteiger charge is 2.20. The number of hydrogen-bond donors (Lipinski definition) is 1. The Morgan fingerprint density at radius 3 is 2.52 bits per heavy atom. The third-order valence-electron chi connectivity index (χ3n) is 6.30. The van der Waals surface area contributed by atoms with Crippen molar-refractivity contribution in [1.82, 2.24) is 20.1 Å². The first-order valence-corrected chi connectivity index (χ1v) is 11.6. The van der Waals surface area contributed by atoms with Crippen molar-refractivity contribution < 1.29 is 4.79 Å². The largest absolute Gasteiger partial charge is 0.371 e. The lowest BCUT2D eigenvalue weighted by atomic mass is 10.1. The minimum absolute atomic E-state index is 0.0934. The normalized spacial score (nSPS) is 13.6. The monoisotopic (exact) mass is 439 g/mol. The maximum Gasteiger partial charge on any atom is 0.252 e. The van der Waals surface area contributed by atoms with Crippen molar-refractivity contribution in [2.24, 2.45) is 0 Å². The summed E-state index contributed by atoms with van der Waals surface area (Å²) in [6, 6.07) is 20.4. The van der Waals surface area contributed by atoms with Gasteiger partial charge < -0.3 is 10.2 Å². The summed E-state index contributed by atoms with van der Waals surface area (Å²) in [6.07, 6.45) is 2.45. The van der Waals surface area contributed by atoms with Gasteiger partial charge in [-0.3, -0.25) is 4.79 Å². The number of nitrogens with one attached hydrogen (secondary N) is 1. The van der Waals surface area contributed by atoms with E-state index in [1.165, 1.54) is 18.5 Å². The minimum Gasteiger partial charge on any atom is -0.371 e. The van der Waals surface area contributed by atoms with Crippen LogP contribution in [0.4, 0.5) is 5.69 Å². The molecule has 1 N–H and O–H groups in total. The van der Waals surface area contributed by atoms with E-state index in [1.54, 1.807) is 0 Å². The Labute approximate surface area is 194 Å². The van der Waals surface area contributed by atoms with Gasteiger partial charge in [0.05, 0.1) is 23.2 Å². The van der Waals surface area contributed by atoms with Crippen LogP contribution in [0.2, 0.25) is 0 Å². The smallest absolute Gasteiger partial charge is 0.252 e. The summed E-state index contributed by atoms with van der Waals surface area (Å²) in [6.45, 7) is 7.13. The highest BCUT2D eigenvalue weighted by Crippen LogP contribution is 2.26. The summed E-state index contributed by atoms with van der Waals surface area (Å²) in [4.78, 5) is 20.5. The Kier molecular flexibility index (Phi) is 5.82. The zero-order valence-electron chi connectivity index (χ0n) is 19.2. The van der Waals surface area contributed by atoms with Crippen LogP contribution in [0.15, 0.2) is 60.7 Å². The lowest BCUT2D eigenvalue weighted by molar-refractivity contribution is 0.0952. The third-order valence-corrected chi connectivity index (χ3v) is 6.30. The van der Waals surface area contributed by atoms with Gasteiger partial charge in [0.15, 0.2) is 5.65 Å². The number of para-hydroxylation sites is 1. The van der Waals surface area contributed by atoms with E-state index < -0.39 is 0 Å². The highest BCUT2D eigenvalue weighted by molar-refractivity contribution is 6.06. The van der Waals surface area contributed by atoms with Crippen LogP contribution in [0, 0.1) is 13.8 Å². The van der Waals surface area contributed by atoms with E-state index >= 15 is 0 Å². The number of hydrogen-bond acceptors (Lipinski definition) is 4. The molecule has 168 valence electrons. The SMILES string of the molecule is Cc1cc(C(=O)NCc2ccccc2N2CCCC2)c2c(C)nn(Cc3ccccc3)c2n1. The van der Waals surface area contributed by atoms with Gasteiger partial charge in [-0.15, -0.1) is 0 Å². The summed E-state index contributed by atoms with van der Waals surface area (Å²) < 4.78 is 1.90. The number of anilines is 1. The Bertz CT molecular complexity index is 1290. The molecule has 33 heavy (non-hydrogen) atoms. The summed E-state index contributed by atoms with van der Waals surface area (Å²) in [5, 5.41) is 8.70. The Balaban J connectivity index is 1.42. The standard InChI is InChI=1S/C27H29N5O/c1-19-16-23(25-20(2)30-32(26(25)29-19)18-21-10-4-3-5-11-21)27(33)28-17-22-12-6-7-13-24(22)31-14-8-9-15-31/h3-7,10-13,16H,8-9,14-15,17-18H2,1-2H3,(H,28,33). The Morgan fingerprint density at radius 1 is 1.00 bits per heavy atom. The first-order valence-electron chi connectivity index (χ1n) is 11.6. The summed E-state index contributed by atoms with van der Waals surface area (Å²) in [5.74, 6) is -0.0934. The van der Waals surface area contributed by atoms with Crippen LogP contribution >= 0.6 is 0 Å². The van der Waals surface area contributed by atoms with Gasteiger partial charge in [0.25, 0.3) is 5.91 Å². The van der Waals surface area contributed by atoms with Gasteiger partial charge in [-0.2, -0.15) is 5.10 Å². The van der Waals surface area contributed by atoms with Crippen molar-refractivity contribution in [2.45, 2.75) is 39.8 Å². The molecule has 2 aromatic carbocycles. The molecule has 6 nitrogen and oxygen atoms in total. The van der Waals surface area contributed by atoms with Crippen molar-refractivity contribution in [3.05, 3.63) is 88.7 Å². The van der Waals surface area contributed by atoms with Crippen LogP contribution in [-0.2, 0) is 13.1 Å². The molecule has 1 aliphatic rings. The molecule has 1 aliphatic heterocycles. The molecular weight excluding hydrogens is 410 g/mol. The van der Waals surface area contributed by atoms with Crippen LogP contribution in [0.1, 0.15) is 45.7 Å². The molecule has 0 bridgehead atoms. The van der Waals surface area contributed by atoms with Crippen LogP contribution in [0.5, 0.6) is 0 Å². The zero-order valence-corrected chi connectivity index (χ0v) is 19.2. The number of amides is 1. The molecule has 0 aliphatic carbocycles. The molecule has 0 atom stereocenters. The van der Waals surface area contributed by atoms with Crippen LogP contribution < -0.4 is 10.2 Å². The van der Waals surface area contributed by atoms with Crippen LogP contribution in [0.3, 0.4) is 0 Å². The minimum atomic E-state index is -0.0934.